The Hall–Kier alpha value is -2.54. The molecule has 0 spiro atoms. The zero-order chi connectivity index (χ0) is 16.2. The summed E-state index contributed by atoms with van der Waals surface area (Å²) in [4.78, 5) is 36.3. The molecule has 23 heavy (non-hydrogen) atoms. The molecule has 1 fully saturated rings. The molecule has 0 saturated carbocycles. The fraction of sp³-hybridized carbons (Fsp3) is 0.188. The van der Waals surface area contributed by atoms with Crippen LogP contribution in [0.4, 0.5) is 4.79 Å². The molecule has 1 aliphatic heterocycles. The maximum Gasteiger partial charge on any atom is 0.288 e. The summed E-state index contributed by atoms with van der Waals surface area (Å²) in [6.45, 7) is 0.351. The number of hydrogen-bond donors (Lipinski definition) is 1. The van der Waals surface area contributed by atoms with Crippen molar-refractivity contribution in [2.75, 3.05) is 18.8 Å². The third-order valence-electron chi connectivity index (χ3n) is 3.42. The maximum absolute atomic E-state index is 12.2. The van der Waals surface area contributed by atoms with Crippen molar-refractivity contribution in [2.24, 2.45) is 0 Å². The minimum Gasteiger partial charge on any atom is -0.459 e. The average Bonchev–Trinajstić information content (AvgIpc) is 3.17. The van der Waals surface area contributed by atoms with E-state index in [1.807, 2.05) is 30.3 Å². The Bertz CT molecular complexity index is 726. The summed E-state index contributed by atoms with van der Waals surface area (Å²) in [5, 5.41) is 2.40. The van der Waals surface area contributed by atoms with Gasteiger partial charge < -0.3 is 9.73 Å². The highest BCUT2D eigenvalue weighted by Gasteiger charge is 2.29. The van der Waals surface area contributed by atoms with E-state index in [0.29, 0.717) is 5.56 Å². The van der Waals surface area contributed by atoms with Gasteiger partial charge in [-0.3, -0.25) is 19.3 Å². The van der Waals surface area contributed by atoms with E-state index in [1.54, 1.807) is 6.07 Å². The second kappa shape index (κ2) is 6.70. The minimum atomic E-state index is -0.374. The summed E-state index contributed by atoms with van der Waals surface area (Å²) in [5.41, 5.74) is 1.58. The highest BCUT2D eigenvalue weighted by Crippen LogP contribution is 2.24. The molecule has 3 rings (SSSR count). The SMILES string of the molecule is O=C(NCCN1C(=O)CSC1=O)c1occc1-c1ccccc1. The lowest BCUT2D eigenvalue weighted by molar-refractivity contribution is -0.124. The molecular weight excluding hydrogens is 316 g/mol. The van der Waals surface area contributed by atoms with E-state index in [0.717, 1.165) is 22.2 Å². The second-order valence-corrected chi connectivity index (χ2v) is 5.81. The zero-order valence-electron chi connectivity index (χ0n) is 12.2. The first-order valence-corrected chi connectivity index (χ1v) is 8.03. The van der Waals surface area contributed by atoms with Crippen LogP contribution in [0.25, 0.3) is 11.1 Å². The molecular formula is C16H14N2O4S. The van der Waals surface area contributed by atoms with Gasteiger partial charge in [-0.2, -0.15) is 0 Å². The summed E-state index contributed by atoms with van der Waals surface area (Å²) in [6, 6.07) is 11.2. The quantitative estimate of drug-likeness (QED) is 0.910. The van der Waals surface area contributed by atoms with Gasteiger partial charge in [-0.15, -0.1) is 0 Å². The lowest BCUT2D eigenvalue weighted by atomic mass is 10.1. The van der Waals surface area contributed by atoms with Gasteiger partial charge in [0.05, 0.1) is 12.0 Å². The van der Waals surface area contributed by atoms with Crippen LogP contribution in [-0.2, 0) is 4.79 Å². The van der Waals surface area contributed by atoms with Crippen molar-refractivity contribution in [3.63, 3.8) is 0 Å². The highest BCUT2D eigenvalue weighted by atomic mass is 32.2. The molecule has 0 aliphatic carbocycles. The molecule has 118 valence electrons. The van der Waals surface area contributed by atoms with Gasteiger partial charge in [0.1, 0.15) is 0 Å². The summed E-state index contributed by atoms with van der Waals surface area (Å²) >= 11 is 0.976. The normalized spacial score (nSPS) is 14.3. The van der Waals surface area contributed by atoms with Gasteiger partial charge in [-0.05, 0) is 11.6 Å². The molecule has 0 radical (unpaired) electrons. The Morgan fingerprint density at radius 1 is 1.22 bits per heavy atom. The van der Waals surface area contributed by atoms with Crippen molar-refractivity contribution < 1.29 is 18.8 Å². The summed E-state index contributed by atoms with van der Waals surface area (Å²) in [5.74, 6) is -0.217. The number of nitrogens with zero attached hydrogens (tertiary/aromatic N) is 1. The first kappa shape index (κ1) is 15.4. The van der Waals surface area contributed by atoms with Gasteiger partial charge in [-0.25, -0.2) is 0 Å². The van der Waals surface area contributed by atoms with E-state index in [2.05, 4.69) is 5.32 Å². The molecule has 2 aromatic rings. The Labute approximate surface area is 136 Å². The topological polar surface area (TPSA) is 79.6 Å². The smallest absolute Gasteiger partial charge is 0.288 e. The zero-order valence-corrected chi connectivity index (χ0v) is 13.0. The largest absolute Gasteiger partial charge is 0.459 e. The summed E-state index contributed by atoms with van der Waals surface area (Å²) in [7, 11) is 0. The number of rotatable bonds is 5. The van der Waals surface area contributed by atoms with Gasteiger partial charge in [0.25, 0.3) is 11.1 Å². The second-order valence-electron chi connectivity index (χ2n) is 4.89. The van der Waals surface area contributed by atoms with Crippen LogP contribution >= 0.6 is 11.8 Å². The molecule has 1 aliphatic rings. The molecule has 0 unspecified atom stereocenters. The number of benzene rings is 1. The minimum absolute atomic E-state index is 0.164. The lowest BCUT2D eigenvalue weighted by Gasteiger charge is -2.12. The standard InChI is InChI=1S/C16H14N2O4S/c19-13-10-23-16(21)18(13)8-7-17-15(20)14-12(6-9-22-14)11-4-2-1-3-5-11/h1-6,9H,7-8,10H2,(H,17,20). The molecule has 6 nitrogen and oxygen atoms in total. The molecule has 1 N–H and O–H groups in total. The maximum atomic E-state index is 12.2. The molecule has 1 saturated heterocycles. The number of amides is 3. The Morgan fingerprint density at radius 2 is 2.00 bits per heavy atom. The molecule has 0 atom stereocenters. The van der Waals surface area contributed by atoms with Crippen molar-refractivity contribution in [3.05, 3.63) is 48.4 Å². The summed E-state index contributed by atoms with van der Waals surface area (Å²) < 4.78 is 5.28. The number of carbonyl (C=O) groups excluding carboxylic acids is 3. The van der Waals surface area contributed by atoms with Crippen molar-refractivity contribution >= 4 is 28.8 Å². The van der Waals surface area contributed by atoms with Gasteiger partial charge in [-0.1, -0.05) is 42.1 Å². The predicted molar refractivity (Wildman–Crippen MR) is 86.0 cm³/mol. The van der Waals surface area contributed by atoms with Gasteiger partial charge >= 0.3 is 0 Å². The van der Waals surface area contributed by atoms with Gasteiger partial charge in [0.2, 0.25) is 5.91 Å². The van der Waals surface area contributed by atoms with Crippen LogP contribution < -0.4 is 5.32 Å². The average molecular weight is 330 g/mol. The Kier molecular flexibility index (Phi) is 4.47. The number of hydrogen-bond acceptors (Lipinski definition) is 5. The lowest BCUT2D eigenvalue weighted by Crippen LogP contribution is -2.37. The van der Waals surface area contributed by atoms with Crippen LogP contribution in [0.2, 0.25) is 0 Å². The van der Waals surface area contributed by atoms with Crippen LogP contribution in [0.3, 0.4) is 0 Å². The third-order valence-corrected chi connectivity index (χ3v) is 4.28. The molecule has 3 amide bonds. The van der Waals surface area contributed by atoms with Crippen LogP contribution in [0.15, 0.2) is 47.1 Å². The van der Waals surface area contributed by atoms with Crippen LogP contribution in [0.5, 0.6) is 0 Å². The molecule has 1 aromatic heterocycles. The number of imide groups is 1. The number of furan rings is 1. The summed E-state index contributed by atoms with van der Waals surface area (Å²) in [6.07, 6.45) is 1.46. The van der Waals surface area contributed by atoms with Crippen molar-refractivity contribution in [3.8, 4) is 11.1 Å². The number of carbonyl (C=O) groups is 3. The Balaban J connectivity index is 1.62. The van der Waals surface area contributed by atoms with E-state index in [9.17, 15) is 14.4 Å². The fourth-order valence-corrected chi connectivity index (χ4v) is 3.04. The van der Waals surface area contributed by atoms with Gasteiger partial charge in [0, 0.05) is 18.7 Å². The highest BCUT2D eigenvalue weighted by molar-refractivity contribution is 8.14. The van der Waals surface area contributed by atoms with E-state index >= 15 is 0 Å². The van der Waals surface area contributed by atoms with Gasteiger partial charge in [0.15, 0.2) is 5.76 Å². The van der Waals surface area contributed by atoms with Crippen molar-refractivity contribution in [1.29, 1.82) is 0 Å². The Morgan fingerprint density at radius 3 is 2.70 bits per heavy atom. The fourth-order valence-electron chi connectivity index (χ4n) is 2.29. The van der Waals surface area contributed by atoms with Crippen LogP contribution in [-0.4, -0.2) is 40.8 Å². The number of thioether (sulfide) groups is 1. The van der Waals surface area contributed by atoms with Crippen LogP contribution in [0, 0.1) is 0 Å². The first-order valence-electron chi connectivity index (χ1n) is 7.05. The molecule has 0 bridgehead atoms. The van der Waals surface area contributed by atoms with Crippen molar-refractivity contribution in [2.45, 2.75) is 0 Å². The van der Waals surface area contributed by atoms with E-state index < -0.39 is 0 Å². The number of nitrogens with one attached hydrogen (secondary N) is 1. The third kappa shape index (κ3) is 3.29. The molecule has 2 heterocycles. The van der Waals surface area contributed by atoms with E-state index in [4.69, 9.17) is 4.42 Å². The predicted octanol–water partition coefficient (Wildman–Crippen LogP) is 2.37. The van der Waals surface area contributed by atoms with E-state index in [1.165, 1.54) is 6.26 Å². The van der Waals surface area contributed by atoms with E-state index in [-0.39, 0.29) is 41.7 Å². The molecule has 1 aromatic carbocycles. The first-order chi connectivity index (χ1) is 11.2. The molecule has 7 heteroatoms. The van der Waals surface area contributed by atoms with Crippen molar-refractivity contribution in [1.82, 2.24) is 10.2 Å². The van der Waals surface area contributed by atoms with Crippen LogP contribution in [0.1, 0.15) is 10.6 Å². The monoisotopic (exact) mass is 330 g/mol.